The molecule has 170 valence electrons. The molecule has 0 radical (unpaired) electrons. The number of hydrogen-bond donors (Lipinski definition) is 0. The Morgan fingerprint density at radius 1 is 1.10 bits per heavy atom. The first kappa shape index (κ1) is 22.3. The molecule has 1 aromatic carbocycles. The van der Waals surface area contributed by atoms with Gasteiger partial charge in [-0.25, -0.2) is 4.57 Å². The van der Waals surface area contributed by atoms with E-state index in [0.717, 1.165) is 5.82 Å². The monoisotopic (exact) mass is 439 g/mol. The number of rotatable bonds is 1. The first-order valence-electron chi connectivity index (χ1n) is 10.8. The number of ether oxygens (including phenoxy) is 1. The highest BCUT2D eigenvalue weighted by Gasteiger charge is 2.70. The maximum atomic E-state index is 9.75. The lowest BCUT2D eigenvalue weighted by Crippen LogP contribution is -2.56. The van der Waals surface area contributed by atoms with E-state index in [9.17, 15) is 17.3 Å². The van der Waals surface area contributed by atoms with Crippen LogP contribution in [0.1, 0.15) is 62.2 Å². The third kappa shape index (κ3) is 3.49. The topological polar surface area (TPSA) is 30.9 Å². The van der Waals surface area contributed by atoms with Crippen LogP contribution in [0, 0.1) is 37.5 Å². The minimum atomic E-state index is -6.00. The molecular weight excluding hydrogens is 409 g/mol. The fourth-order valence-corrected chi connectivity index (χ4v) is 6.42. The van der Waals surface area contributed by atoms with Crippen LogP contribution in [0.25, 0.3) is 5.69 Å². The largest absolute Gasteiger partial charge is 0.673 e. The van der Waals surface area contributed by atoms with Crippen molar-refractivity contribution in [2.75, 3.05) is 0 Å². The molecule has 2 aliphatic carbocycles. The van der Waals surface area contributed by atoms with Gasteiger partial charge in [0, 0.05) is 16.4 Å². The summed E-state index contributed by atoms with van der Waals surface area (Å²) in [4.78, 5) is 0. The Bertz CT molecular complexity index is 990. The Morgan fingerprint density at radius 2 is 1.68 bits per heavy atom. The Balaban J connectivity index is 0.000000418. The molecule has 2 bridgehead atoms. The van der Waals surface area contributed by atoms with E-state index in [1.165, 1.54) is 35.2 Å². The summed E-state index contributed by atoms with van der Waals surface area (Å²) in [6.45, 7) is 14.5. The normalized spacial score (nSPS) is 30.5. The van der Waals surface area contributed by atoms with Crippen molar-refractivity contribution in [3.63, 3.8) is 0 Å². The van der Waals surface area contributed by atoms with Crippen molar-refractivity contribution in [3.8, 4) is 5.69 Å². The summed E-state index contributed by atoms with van der Waals surface area (Å²) >= 11 is 0. The van der Waals surface area contributed by atoms with Gasteiger partial charge in [-0.15, -0.1) is 0 Å². The average Bonchev–Trinajstić information content (AvgIpc) is 3.17. The van der Waals surface area contributed by atoms with Gasteiger partial charge in [-0.3, -0.25) is 0 Å². The molecule has 5 rings (SSSR count). The number of benzene rings is 1. The zero-order valence-electron chi connectivity index (χ0n) is 18.9. The van der Waals surface area contributed by atoms with Gasteiger partial charge in [-0.2, -0.15) is 0 Å². The summed E-state index contributed by atoms with van der Waals surface area (Å²) in [5, 5.41) is 4.94. The van der Waals surface area contributed by atoms with Gasteiger partial charge in [0.25, 0.3) is 0 Å². The maximum Gasteiger partial charge on any atom is 0.673 e. The second-order valence-corrected chi connectivity index (χ2v) is 10.1. The number of nitrogens with zero attached hydrogens (tertiary/aromatic N) is 3. The molecule has 2 heterocycles. The van der Waals surface area contributed by atoms with E-state index in [-0.39, 0.29) is 5.41 Å². The molecule has 4 nitrogen and oxygen atoms in total. The van der Waals surface area contributed by atoms with Crippen LogP contribution in [0.2, 0.25) is 0 Å². The number of fused-ring (bicyclic) bond motifs is 7. The molecule has 4 atom stereocenters. The van der Waals surface area contributed by atoms with Gasteiger partial charge in [0.15, 0.2) is 0 Å². The molecule has 2 fully saturated rings. The van der Waals surface area contributed by atoms with Crippen LogP contribution in [0.5, 0.6) is 0 Å². The maximum absolute atomic E-state index is 9.75. The van der Waals surface area contributed by atoms with E-state index in [4.69, 9.17) is 9.84 Å². The van der Waals surface area contributed by atoms with E-state index in [1.54, 1.807) is 0 Å². The molecule has 0 unspecified atom stereocenters. The van der Waals surface area contributed by atoms with Gasteiger partial charge >= 0.3 is 13.1 Å². The quantitative estimate of drug-likeness (QED) is 0.344. The Labute approximate surface area is 180 Å². The van der Waals surface area contributed by atoms with E-state index in [1.807, 2.05) is 0 Å². The third-order valence-corrected chi connectivity index (χ3v) is 8.06. The Hall–Kier alpha value is -1.90. The number of hydrogen-bond acceptors (Lipinski definition) is 2. The van der Waals surface area contributed by atoms with Gasteiger partial charge in [0.1, 0.15) is 18.3 Å². The minimum Gasteiger partial charge on any atom is -0.418 e. The highest BCUT2D eigenvalue weighted by atomic mass is 19.5. The van der Waals surface area contributed by atoms with Crippen molar-refractivity contribution < 1.29 is 26.6 Å². The average molecular weight is 439 g/mol. The molecule has 0 amide bonds. The van der Waals surface area contributed by atoms with E-state index in [2.05, 4.69) is 69.3 Å². The summed E-state index contributed by atoms with van der Waals surface area (Å²) in [7, 11) is -6.00. The van der Waals surface area contributed by atoms with Crippen LogP contribution < -0.4 is 4.57 Å². The van der Waals surface area contributed by atoms with E-state index >= 15 is 0 Å². The molecule has 0 saturated heterocycles. The molecule has 1 aliphatic heterocycles. The van der Waals surface area contributed by atoms with Crippen molar-refractivity contribution >= 4 is 7.25 Å². The fourth-order valence-electron chi connectivity index (χ4n) is 6.42. The van der Waals surface area contributed by atoms with Gasteiger partial charge in [-0.1, -0.05) is 43.1 Å². The predicted octanol–water partition coefficient (Wildman–Crippen LogP) is 5.28. The predicted molar refractivity (Wildman–Crippen MR) is 110 cm³/mol. The van der Waals surface area contributed by atoms with Crippen LogP contribution in [0.15, 0.2) is 18.5 Å². The summed E-state index contributed by atoms with van der Waals surface area (Å²) < 4.78 is 50.0. The second-order valence-electron chi connectivity index (χ2n) is 10.1. The third-order valence-electron chi connectivity index (χ3n) is 8.06. The lowest BCUT2D eigenvalue weighted by molar-refractivity contribution is -0.756. The van der Waals surface area contributed by atoms with Gasteiger partial charge in [0.05, 0.1) is 6.10 Å². The van der Waals surface area contributed by atoms with Crippen molar-refractivity contribution in [1.29, 1.82) is 0 Å². The van der Waals surface area contributed by atoms with Crippen LogP contribution in [-0.4, -0.2) is 23.1 Å². The van der Waals surface area contributed by atoms with Gasteiger partial charge in [0.2, 0.25) is 6.33 Å². The summed E-state index contributed by atoms with van der Waals surface area (Å²) in [5.41, 5.74) is 5.66. The molecular formula is C22H30BF4N3O. The zero-order chi connectivity index (χ0) is 22.9. The number of halogens is 4. The molecule has 2 saturated carbocycles. The van der Waals surface area contributed by atoms with Crippen LogP contribution in [0.3, 0.4) is 0 Å². The molecule has 3 aliphatic rings. The second kappa shape index (κ2) is 7.05. The molecule has 9 heteroatoms. The standard InChI is InChI=1S/C22H30N3O.BF4/c1-13-9-14(2)18(15(3)10-13)25-12-24-17(23-25)11-26-20-19(24)16-7-8-22(20,6)21(16,4)5;2-1(3,4)5/h9-10,12,16,19-20H,7-8,11H2,1-6H3;/q+1;-1/t16-,19-,20-,22+;/m0./s1. The lowest BCUT2D eigenvalue weighted by Gasteiger charge is -2.40. The summed E-state index contributed by atoms with van der Waals surface area (Å²) in [6.07, 6.45) is 5.13. The van der Waals surface area contributed by atoms with Crippen LogP contribution in [-0.2, 0) is 11.3 Å². The summed E-state index contributed by atoms with van der Waals surface area (Å²) in [6, 6.07) is 4.91. The van der Waals surface area contributed by atoms with E-state index < -0.39 is 7.25 Å². The van der Waals surface area contributed by atoms with Crippen molar-refractivity contribution in [2.45, 2.75) is 73.1 Å². The summed E-state index contributed by atoms with van der Waals surface area (Å²) in [5.74, 6) is 1.73. The van der Waals surface area contributed by atoms with Crippen molar-refractivity contribution in [1.82, 2.24) is 9.78 Å². The number of aryl methyl sites for hydroxylation is 3. The number of aromatic nitrogens is 3. The molecule has 31 heavy (non-hydrogen) atoms. The first-order chi connectivity index (χ1) is 14.2. The van der Waals surface area contributed by atoms with Gasteiger partial charge < -0.3 is 22.0 Å². The molecule has 0 N–H and O–H groups in total. The zero-order valence-corrected chi connectivity index (χ0v) is 18.9. The molecule has 0 spiro atoms. The Kier molecular flexibility index (Phi) is 5.07. The van der Waals surface area contributed by atoms with Crippen molar-refractivity contribution in [3.05, 3.63) is 41.0 Å². The van der Waals surface area contributed by atoms with Gasteiger partial charge in [-0.05, 0) is 50.2 Å². The fraction of sp³-hybridized carbons (Fsp3) is 0.636. The highest BCUT2D eigenvalue weighted by Crippen LogP contribution is 2.69. The Morgan fingerprint density at radius 3 is 2.26 bits per heavy atom. The molecule has 1 aromatic heterocycles. The lowest BCUT2D eigenvalue weighted by atomic mass is 9.70. The molecule has 2 aromatic rings. The van der Waals surface area contributed by atoms with Crippen molar-refractivity contribution in [2.24, 2.45) is 16.7 Å². The smallest absolute Gasteiger partial charge is 0.418 e. The van der Waals surface area contributed by atoms with E-state index in [0.29, 0.717) is 30.1 Å². The minimum absolute atomic E-state index is 0.269. The SMILES string of the molecule is Cc1cc(C)c(-n2c[n+]3c(n2)CO[C@H]2[C@@H]3[C@@H]3CC[C@@]2(C)C3(C)C)c(C)c1.F[B-](F)(F)F. The van der Waals surface area contributed by atoms with Crippen LogP contribution >= 0.6 is 0 Å². The highest BCUT2D eigenvalue weighted by molar-refractivity contribution is 6.50. The van der Waals surface area contributed by atoms with Crippen LogP contribution in [0.4, 0.5) is 17.3 Å². The first-order valence-corrected chi connectivity index (χ1v) is 10.8.